The van der Waals surface area contributed by atoms with Crippen molar-refractivity contribution < 1.29 is 8.78 Å². The minimum atomic E-state index is -3.00. The zero-order valence-electron chi connectivity index (χ0n) is 21.9. The molecule has 0 radical (unpaired) electrons. The van der Waals surface area contributed by atoms with Crippen molar-refractivity contribution in [3.8, 4) is 0 Å². The Labute approximate surface area is 204 Å². The van der Waals surface area contributed by atoms with Gasteiger partial charge in [-0.2, -0.15) is 0 Å². The molecule has 0 fully saturated rings. The summed E-state index contributed by atoms with van der Waals surface area (Å²) in [6.45, 7) is 23.3. The van der Waals surface area contributed by atoms with Crippen LogP contribution >= 0.6 is 0 Å². The number of rotatable bonds is 7. The second-order valence-electron chi connectivity index (χ2n) is 9.87. The van der Waals surface area contributed by atoms with E-state index < -0.39 is 5.92 Å². The quantitative estimate of drug-likeness (QED) is 0.419. The molecule has 1 aromatic rings. The van der Waals surface area contributed by atoms with Gasteiger partial charge in [0.05, 0.1) is 6.54 Å². The number of alkyl halides is 2. The van der Waals surface area contributed by atoms with Gasteiger partial charge in [-0.05, 0) is 43.0 Å². The molecule has 1 aliphatic heterocycles. The maximum Gasteiger partial charge on any atom is 0.270 e. The van der Waals surface area contributed by atoms with Gasteiger partial charge in [-0.3, -0.25) is 4.99 Å². The molecule has 0 saturated heterocycles. The molecule has 1 heterocycles. The number of hydrogen-bond donors (Lipinski definition) is 2. The Morgan fingerprint density at radius 1 is 1.03 bits per heavy atom. The third-order valence-electron chi connectivity index (χ3n) is 4.95. The summed E-state index contributed by atoms with van der Waals surface area (Å²) < 4.78 is 27.1. The fourth-order valence-corrected chi connectivity index (χ4v) is 2.89. The largest absolute Gasteiger partial charge is 0.383 e. The molecule has 0 amide bonds. The zero-order valence-corrected chi connectivity index (χ0v) is 21.9. The van der Waals surface area contributed by atoms with E-state index in [-0.39, 0.29) is 11.0 Å². The standard InChI is InChI=1S/C17H22F2N2.C11H18N2/c1-12-7-9-15(10-8-12)20-14(3)16(11-21(5)6)13(2)17(4,18)19;1-8(2)13-10-6-9(7-12-10)11(3,4)5/h7-11,20H,2-3H2,1,4-6H3;6H,1,7H2,2-5H3,(H,12,13)/b16-11+;. The van der Waals surface area contributed by atoms with Crippen molar-refractivity contribution in [2.24, 2.45) is 10.4 Å². The van der Waals surface area contributed by atoms with Gasteiger partial charge in [-0.25, -0.2) is 8.78 Å². The first-order valence-corrected chi connectivity index (χ1v) is 11.2. The summed E-state index contributed by atoms with van der Waals surface area (Å²) in [5.41, 5.74) is 4.87. The second kappa shape index (κ2) is 11.8. The van der Waals surface area contributed by atoms with E-state index in [0.29, 0.717) is 11.3 Å². The van der Waals surface area contributed by atoms with Crippen LogP contribution in [0.3, 0.4) is 0 Å². The minimum Gasteiger partial charge on any atom is -0.383 e. The van der Waals surface area contributed by atoms with Gasteiger partial charge < -0.3 is 15.5 Å². The Bertz CT molecular complexity index is 983. The number of amidine groups is 1. The van der Waals surface area contributed by atoms with E-state index in [9.17, 15) is 8.78 Å². The molecule has 4 nitrogen and oxygen atoms in total. The number of benzene rings is 1. The number of nitrogens with zero attached hydrogens (tertiary/aromatic N) is 2. The van der Waals surface area contributed by atoms with Crippen LogP contribution in [0.5, 0.6) is 0 Å². The van der Waals surface area contributed by atoms with E-state index in [1.807, 2.05) is 38.1 Å². The lowest BCUT2D eigenvalue weighted by Crippen LogP contribution is -2.19. The van der Waals surface area contributed by atoms with E-state index in [2.05, 4.69) is 62.2 Å². The first kappa shape index (κ1) is 28.9. The van der Waals surface area contributed by atoms with Crippen LogP contribution in [0.25, 0.3) is 0 Å². The summed E-state index contributed by atoms with van der Waals surface area (Å²) in [5.74, 6) is -2.06. The molecule has 2 N–H and O–H groups in total. The lowest BCUT2D eigenvalue weighted by atomic mass is 9.87. The Kier molecular flexibility index (Phi) is 10.0. The van der Waals surface area contributed by atoms with Gasteiger partial charge >= 0.3 is 0 Å². The summed E-state index contributed by atoms with van der Waals surface area (Å²) in [7, 11) is 3.53. The lowest BCUT2D eigenvalue weighted by Gasteiger charge is -2.22. The first-order chi connectivity index (χ1) is 15.5. The molecule has 6 heteroatoms. The molecule has 1 aromatic carbocycles. The highest BCUT2D eigenvalue weighted by Crippen LogP contribution is 2.32. The molecule has 0 bridgehead atoms. The van der Waals surface area contributed by atoms with Crippen LogP contribution in [0.2, 0.25) is 0 Å². The monoisotopic (exact) mass is 470 g/mol. The summed E-state index contributed by atoms with van der Waals surface area (Å²) >= 11 is 0. The van der Waals surface area contributed by atoms with Gasteiger partial charge in [0, 0.05) is 55.4 Å². The molecule has 0 unspecified atom stereocenters. The Balaban J connectivity index is 0.000000380. The van der Waals surface area contributed by atoms with E-state index in [0.717, 1.165) is 36.3 Å². The maximum absolute atomic E-state index is 13.5. The van der Waals surface area contributed by atoms with Crippen molar-refractivity contribution in [3.63, 3.8) is 0 Å². The molecule has 0 atom stereocenters. The highest BCUT2D eigenvalue weighted by atomic mass is 19.3. The number of anilines is 1. The number of aryl methyl sites for hydroxylation is 1. The van der Waals surface area contributed by atoms with Crippen LogP contribution in [0.4, 0.5) is 14.5 Å². The SMILES string of the molecule is C=C(C)NC1=NCC(C(C)(C)C)=C1.C=C(Nc1ccc(C)cc1)/C(=C/N(C)C)C(=C)C(C)(F)F. The van der Waals surface area contributed by atoms with Crippen LogP contribution < -0.4 is 10.6 Å². The number of hydrogen-bond acceptors (Lipinski definition) is 4. The maximum atomic E-state index is 13.5. The number of allylic oxidation sites excluding steroid dienone is 2. The average Bonchev–Trinajstić information content (AvgIpc) is 3.15. The van der Waals surface area contributed by atoms with Crippen LogP contribution in [0.15, 0.2) is 89.4 Å². The predicted molar refractivity (Wildman–Crippen MR) is 143 cm³/mol. The Morgan fingerprint density at radius 3 is 2.00 bits per heavy atom. The van der Waals surface area contributed by atoms with E-state index in [1.54, 1.807) is 25.2 Å². The molecular weight excluding hydrogens is 430 g/mol. The molecule has 0 aromatic heterocycles. The summed E-state index contributed by atoms with van der Waals surface area (Å²) in [6.07, 6.45) is 3.71. The molecule has 186 valence electrons. The third-order valence-corrected chi connectivity index (χ3v) is 4.95. The average molecular weight is 471 g/mol. The second-order valence-corrected chi connectivity index (χ2v) is 9.87. The van der Waals surface area contributed by atoms with Gasteiger partial charge in [-0.1, -0.05) is 58.2 Å². The molecule has 34 heavy (non-hydrogen) atoms. The molecule has 0 spiro atoms. The van der Waals surface area contributed by atoms with Crippen LogP contribution in [0.1, 0.15) is 40.2 Å². The number of halogens is 2. The van der Waals surface area contributed by atoms with Crippen molar-refractivity contribution in [1.29, 1.82) is 0 Å². The van der Waals surface area contributed by atoms with Gasteiger partial charge in [0.1, 0.15) is 5.84 Å². The smallest absolute Gasteiger partial charge is 0.270 e. The third kappa shape index (κ3) is 9.77. The van der Waals surface area contributed by atoms with Crippen LogP contribution in [-0.2, 0) is 0 Å². The molecular formula is C28H40F2N4. The summed E-state index contributed by atoms with van der Waals surface area (Å²) in [6, 6.07) is 7.63. The lowest BCUT2D eigenvalue weighted by molar-refractivity contribution is 0.0666. The molecule has 1 aliphatic rings. The predicted octanol–water partition coefficient (Wildman–Crippen LogP) is 7.07. The van der Waals surface area contributed by atoms with Crippen LogP contribution in [-0.4, -0.2) is 37.3 Å². The van der Waals surface area contributed by atoms with Gasteiger partial charge in [0.15, 0.2) is 0 Å². The highest BCUT2D eigenvalue weighted by molar-refractivity contribution is 5.96. The highest BCUT2D eigenvalue weighted by Gasteiger charge is 2.29. The summed E-state index contributed by atoms with van der Waals surface area (Å²) in [4.78, 5) is 6.06. The minimum absolute atomic E-state index is 0.224. The van der Waals surface area contributed by atoms with Crippen molar-refractivity contribution in [3.05, 3.63) is 90.0 Å². The number of nitrogens with one attached hydrogen (secondary N) is 2. The fraction of sp³-hybridized carbons (Fsp3) is 0.393. The zero-order chi connectivity index (χ0) is 26.3. The van der Waals surface area contributed by atoms with Crippen molar-refractivity contribution >= 4 is 11.5 Å². The topological polar surface area (TPSA) is 39.7 Å². The van der Waals surface area contributed by atoms with Crippen molar-refractivity contribution in [2.45, 2.75) is 47.5 Å². The van der Waals surface area contributed by atoms with Gasteiger partial charge in [0.2, 0.25) is 0 Å². The van der Waals surface area contributed by atoms with E-state index in [4.69, 9.17) is 0 Å². The Hall–Kier alpha value is -3.15. The molecule has 2 rings (SSSR count). The number of aliphatic imine (C=N–C) groups is 1. The molecule has 0 aliphatic carbocycles. The van der Waals surface area contributed by atoms with Gasteiger partial charge in [0.25, 0.3) is 5.92 Å². The normalized spacial score (nSPS) is 13.8. The fourth-order valence-electron chi connectivity index (χ4n) is 2.89. The van der Waals surface area contributed by atoms with Gasteiger partial charge in [-0.15, -0.1) is 0 Å². The van der Waals surface area contributed by atoms with E-state index in [1.165, 1.54) is 5.57 Å². The first-order valence-electron chi connectivity index (χ1n) is 11.2. The van der Waals surface area contributed by atoms with E-state index >= 15 is 0 Å². The van der Waals surface area contributed by atoms with Crippen molar-refractivity contribution in [2.75, 3.05) is 26.0 Å². The van der Waals surface area contributed by atoms with Crippen molar-refractivity contribution in [1.82, 2.24) is 10.2 Å². The molecule has 0 saturated carbocycles. The van der Waals surface area contributed by atoms with Crippen LogP contribution in [0, 0.1) is 12.3 Å². The summed E-state index contributed by atoms with van der Waals surface area (Å²) in [5, 5.41) is 6.17. The Morgan fingerprint density at radius 2 is 1.59 bits per heavy atom.